The molecule has 0 saturated carbocycles. The Morgan fingerprint density at radius 3 is 2.27 bits per heavy atom. The quantitative estimate of drug-likeness (QED) is 0.880. The fourth-order valence-corrected chi connectivity index (χ4v) is 3.83. The van der Waals surface area contributed by atoms with Crippen LogP contribution < -0.4 is 5.32 Å². The Balaban J connectivity index is 2.03. The molecule has 0 unspecified atom stereocenters. The van der Waals surface area contributed by atoms with E-state index in [1.54, 1.807) is 23.5 Å². The topological polar surface area (TPSA) is 49.4 Å². The average molecular weight is 338 g/mol. The normalized spacial score (nSPS) is 13.5. The zero-order valence-corrected chi connectivity index (χ0v) is 15.0. The van der Waals surface area contributed by atoms with Gasteiger partial charge in [0.2, 0.25) is 10.0 Å². The second kappa shape index (κ2) is 6.91. The Labute approximate surface area is 136 Å². The maximum atomic E-state index is 12.0. The SMILES string of the molecule is Cc1ccc(CN[C@@H](C)c2ccc(S(=O)(=O)N(C)C)cc2)s1. The van der Waals surface area contributed by atoms with Gasteiger partial charge in [-0.25, -0.2) is 12.7 Å². The van der Waals surface area contributed by atoms with Crippen molar-refractivity contribution in [1.82, 2.24) is 9.62 Å². The molecule has 0 aliphatic rings. The number of rotatable bonds is 6. The molecule has 1 aromatic heterocycles. The molecule has 4 nitrogen and oxygen atoms in total. The van der Waals surface area contributed by atoms with Gasteiger partial charge in [-0.1, -0.05) is 12.1 Å². The average Bonchev–Trinajstić information content (AvgIpc) is 2.90. The van der Waals surface area contributed by atoms with Gasteiger partial charge in [0.25, 0.3) is 0 Å². The van der Waals surface area contributed by atoms with Crippen molar-refractivity contribution in [2.24, 2.45) is 0 Å². The lowest BCUT2D eigenvalue weighted by Crippen LogP contribution is -2.22. The third kappa shape index (κ3) is 3.95. The van der Waals surface area contributed by atoms with E-state index in [-0.39, 0.29) is 6.04 Å². The first kappa shape index (κ1) is 17.1. The molecule has 0 fully saturated rings. The maximum absolute atomic E-state index is 12.0. The highest BCUT2D eigenvalue weighted by molar-refractivity contribution is 7.89. The van der Waals surface area contributed by atoms with E-state index in [0.717, 1.165) is 12.1 Å². The van der Waals surface area contributed by atoms with Gasteiger partial charge < -0.3 is 5.32 Å². The Morgan fingerprint density at radius 2 is 1.77 bits per heavy atom. The molecular formula is C16H22N2O2S2. The van der Waals surface area contributed by atoms with E-state index in [2.05, 4.69) is 31.3 Å². The molecule has 1 N–H and O–H groups in total. The Bertz CT molecular complexity index is 719. The molecule has 0 aliphatic heterocycles. The number of hydrogen-bond donors (Lipinski definition) is 1. The summed E-state index contributed by atoms with van der Waals surface area (Å²) in [6, 6.07) is 11.5. The van der Waals surface area contributed by atoms with Gasteiger partial charge in [-0.3, -0.25) is 0 Å². The minimum absolute atomic E-state index is 0.165. The second-order valence-corrected chi connectivity index (χ2v) is 9.00. The second-order valence-electron chi connectivity index (χ2n) is 5.47. The molecular weight excluding hydrogens is 316 g/mol. The Morgan fingerprint density at radius 1 is 1.14 bits per heavy atom. The van der Waals surface area contributed by atoms with Gasteiger partial charge in [0, 0.05) is 36.4 Å². The van der Waals surface area contributed by atoms with Crippen molar-refractivity contribution >= 4 is 21.4 Å². The van der Waals surface area contributed by atoms with Crippen LogP contribution in [-0.2, 0) is 16.6 Å². The molecule has 1 heterocycles. The fourth-order valence-electron chi connectivity index (χ4n) is 2.09. The summed E-state index contributed by atoms with van der Waals surface area (Å²) in [5.41, 5.74) is 1.07. The summed E-state index contributed by atoms with van der Waals surface area (Å²) in [6.45, 7) is 4.99. The fraction of sp³-hybridized carbons (Fsp3) is 0.375. The molecule has 0 bridgehead atoms. The smallest absolute Gasteiger partial charge is 0.242 e. The van der Waals surface area contributed by atoms with Crippen LogP contribution in [0.1, 0.15) is 28.3 Å². The summed E-state index contributed by atoms with van der Waals surface area (Å²) >= 11 is 1.79. The van der Waals surface area contributed by atoms with Crippen molar-refractivity contribution in [3.63, 3.8) is 0 Å². The zero-order valence-electron chi connectivity index (χ0n) is 13.3. The molecule has 1 aromatic carbocycles. The van der Waals surface area contributed by atoms with Crippen LogP contribution in [0.4, 0.5) is 0 Å². The van der Waals surface area contributed by atoms with E-state index in [9.17, 15) is 8.42 Å². The molecule has 0 spiro atoms. The van der Waals surface area contributed by atoms with Gasteiger partial charge in [0.15, 0.2) is 0 Å². The first-order valence-electron chi connectivity index (χ1n) is 7.12. The van der Waals surface area contributed by atoms with Crippen LogP contribution in [0.5, 0.6) is 0 Å². The lowest BCUT2D eigenvalue weighted by molar-refractivity contribution is 0.520. The van der Waals surface area contributed by atoms with Crippen LogP contribution in [0.25, 0.3) is 0 Å². The van der Waals surface area contributed by atoms with Gasteiger partial charge in [0.1, 0.15) is 0 Å². The largest absolute Gasteiger partial charge is 0.305 e. The predicted molar refractivity (Wildman–Crippen MR) is 91.6 cm³/mol. The van der Waals surface area contributed by atoms with Crippen molar-refractivity contribution < 1.29 is 8.42 Å². The molecule has 0 amide bonds. The van der Waals surface area contributed by atoms with E-state index < -0.39 is 10.0 Å². The van der Waals surface area contributed by atoms with Crippen molar-refractivity contribution in [3.05, 3.63) is 51.7 Å². The van der Waals surface area contributed by atoms with Crippen molar-refractivity contribution in [2.45, 2.75) is 31.3 Å². The van der Waals surface area contributed by atoms with Gasteiger partial charge in [-0.2, -0.15) is 0 Å². The third-order valence-corrected chi connectivity index (χ3v) is 6.37. The van der Waals surface area contributed by atoms with Crippen LogP contribution in [0, 0.1) is 6.92 Å². The maximum Gasteiger partial charge on any atom is 0.242 e. The molecule has 2 aromatic rings. The summed E-state index contributed by atoms with van der Waals surface area (Å²) in [5.74, 6) is 0. The number of hydrogen-bond acceptors (Lipinski definition) is 4. The van der Waals surface area contributed by atoms with Gasteiger partial charge in [-0.05, 0) is 43.7 Å². The first-order valence-corrected chi connectivity index (χ1v) is 9.37. The van der Waals surface area contributed by atoms with Gasteiger partial charge in [0.05, 0.1) is 4.90 Å². The molecule has 6 heteroatoms. The number of aryl methyl sites for hydroxylation is 1. The van der Waals surface area contributed by atoms with Crippen molar-refractivity contribution in [1.29, 1.82) is 0 Å². The van der Waals surface area contributed by atoms with Crippen LogP contribution in [0.15, 0.2) is 41.3 Å². The molecule has 2 rings (SSSR count). The van der Waals surface area contributed by atoms with E-state index in [1.165, 1.54) is 28.2 Å². The minimum Gasteiger partial charge on any atom is -0.305 e. The molecule has 0 saturated heterocycles. The summed E-state index contributed by atoms with van der Waals surface area (Å²) < 4.78 is 25.3. The van der Waals surface area contributed by atoms with Gasteiger partial charge in [-0.15, -0.1) is 11.3 Å². The first-order chi connectivity index (χ1) is 10.3. The highest BCUT2D eigenvalue weighted by atomic mass is 32.2. The molecule has 1 atom stereocenters. The number of nitrogens with one attached hydrogen (secondary N) is 1. The van der Waals surface area contributed by atoms with Crippen molar-refractivity contribution in [2.75, 3.05) is 14.1 Å². The molecule has 0 radical (unpaired) electrons. The van der Waals surface area contributed by atoms with Crippen LogP contribution in [0.2, 0.25) is 0 Å². The molecule has 0 aliphatic carbocycles. The highest BCUT2D eigenvalue weighted by Crippen LogP contribution is 2.20. The number of nitrogens with zero attached hydrogens (tertiary/aromatic N) is 1. The van der Waals surface area contributed by atoms with E-state index in [1.807, 2.05) is 12.1 Å². The highest BCUT2D eigenvalue weighted by Gasteiger charge is 2.17. The van der Waals surface area contributed by atoms with Crippen LogP contribution in [-0.4, -0.2) is 26.8 Å². The molecule has 120 valence electrons. The van der Waals surface area contributed by atoms with E-state index in [0.29, 0.717) is 4.90 Å². The van der Waals surface area contributed by atoms with Crippen LogP contribution >= 0.6 is 11.3 Å². The predicted octanol–water partition coefficient (Wildman–Crippen LogP) is 3.16. The van der Waals surface area contributed by atoms with E-state index >= 15 is 0 Å². The number of thiophene rings is 1. The van der Waals surface area contributed by atoms with Crippen molar-refractivity contribution in [3.8, 4) is 0 Å². The zero-order chi connectivity index (χ0) is 16.3. The third-order valence-electron chi connectivity index (χ3n) is 3.54. The monoisotopic (exact) mass is 338 g/mol. The van der Waals surface area contributed by atoms with E-state index in [4.69, 9.17) is 0 Å². The number of benzene rings is 1. The molecule has 22 heavy (non-hydrogen) atoms. The number of sulfonamides is 1. The van der Waals surface area contributed by atoms with Gasteiger partial charge >= 0.3 is 0 Å². The Hall–Kier alpha value is -1.21. The Kier molecular flexibility index (Phi) is 5.39. The summed E-state index contributed by atoms with van der Waals surface area (Å²) in [7, 11) is -0.281. The lowest BCUT2D eigenvalue weighted by Gasteiger charge is -2.15. The van der Waals surface area contributed by atoms with Crippen LogP contribution in [0.3, 0.4) is 0 Å². The summed E-state index contributed by atoms with van der Waals surface area (Å²) in [6.07, 6.45) is 0. The summed E-state index contributed by atoms with van der Waals surface area (Å²) in [4.78, 5) is 2.93. The lowest BCUT2D eigenvalue weighted by atomic mass is 10.1. The minimum atomic E-state index is -3.36. The standard InChI is InChI=1S/C16H22N2O2S2/c1-12-5-8-15(21-12)11-17-13(2)14-6-9-16(10-7-14)22(19,20)18(3)4/h5-10,13,17H,11H2,1-4H3/t13-/m0/s1. The summed E-state index contributed by atoms with van der Waals surface area (Å²) in [5, 5.41) is 3.46.